The van der Waals surface area contributed by atoms with E-state index in [1.54, 1.807) is 6.07 Å². The second kappa shape index (κ2) is 12.6. The van der Waals surface area contributed by atoms with Gasteiger partial charge < -0.3 is 34.3 Å². The molecule has 0 aromatic carbocycles. The molecule has 2 rings (SSSR count). The quantitative estimate of drug-likeness (QED) is 0.361. The van der Waals surface area contributed by atoms with Gasteiger partial charge in [0.05, 0.1) is 12.2 Å². The van der Waals surface area contributed by atoms with E-state index in [-0.39, 0.29) is 5.75 Å². The monoisotopic (exact) mass is 442 g/mol. The van der Waals surface area contributed by atoms with Gasteiger partial charge in [0.15, 0.2) is 0 Å². The van der Waals surface area contributed by atoms with E-state index >= 15 is 0 Å². The molecule has 1 aliphatic heterocycles. The Morgan fingerprint density at radius 2 is 1.77 bits per heavy atom. The highest BCUT2D eigenvalue weighted by atomic mass is 16.7. The van der Waals surface area contributed by atoms with Gasteiger partial charge in [-0.3, -0.25) is 0 Å². The summed E-state index contributed by atoms with van der Waals surface area (Å²) < 4.78 is 16.8. The Balaban J connectivity index is 2.25. The summed E-state index contributed by atoms with van der Waals surface area (Å²) in [5, 5.41) is 39.7. The van der Waals surface area contributed by atoms with Crippen LogP contribution < -0.4 is 10.4 Å². The fourth-order valence-electron chi connectivity index (χ4n) is 3.70. The zero-order chi connectivity index (χ0) is 23.0. The van der Waals surface area contributed by atoms with Crippen LogP contribution in [0.3, 0.4) is 0 Å². The maximum atomic E-state index is 12.7. The first-order valence-electron chi connectivity index (χ1n) is 11.4. The number of aliphatic hydroxyl groups excluding tert-OH is 4. The molecule has 0 saturated carbocycles. The third-order valence-electron chi connectivity index (χ3n) is 5.64. The first-order chi connectivity index (χ1) is 14.8. The van der Waals surface area contributed by atoms with Gasteiger partial charge in [-0.05, 0) is 25.2 Å². The van der Waals surface area contributed by atoms with E-state index < -0.39 is 42.9 Å². The molecule has 31 heavy (non-hydrogen) atoms. The molecule has 1 aromatic heterocycles. The van der Waals surface area contributed by atoms with Gasteiger partial charge in [0, 0.05) is 12.5 Å². The van der Waals surface area contributed by atoms with Gasteiger partial charge >= 0.3 is 5.63 Å². The van der Waals surface area contributed by atoms with Gasteiger partial charge in [-0.15, -0.1) is 0 Å². The first kappa shape index (κ1) is 25.8. The largest absolute Gasteiger partial charge is 0.461 e. The van der Waals surface area contributed by atoms with Crippen molar-refractivity contribution in [2.24, 2.45) is 5.92 Å². The van der Waals surface area contributed by atoms with E-state index in [1.807, 2.05) is 0 Å². The second-order valence-electron chi connectivity index (χ2n) is 8.75. The minimum absolute atomic E-state index is 0.247. The Hall–Kier alpha value is -1.45. The van der Waals surface area contributed by atoms with Gasteiger partial charge in [-0.1, -0.05) is 46.5 Å². The van der Waals surface area contributed by atoms with Crippen molar-refractivity contribution in [1.82, 2.24) is 0 Å². The SMILES string of the molecule is CCCCCCc1c(O[C@@H]2O[C@H](CO)[C@@H](O)[C@H](O)[C@H]2O)cc(CCCC(C)C)oc1=O. The van der Waals surface area contributed by atoms with Crippen LogP contribution in [0.15, 0.2) is 15.3 Å². The summed E-state index contributed by atoms with van der Waals surface area (Å²) in [4.78, 5) is 12.7. The smallest absolute Gasteiger partial charge is 0.342 e. The van der Waals surface area contributed by atoms with Crippen LogP contribution in [0.5, 0.6) is 5.75 Å². The van der Waals surface area contributed by atoms with Crippen molar-refractivity contribution in [1.29, 1.82) is 0 Å². The van der Waals surface area contributed by atoms with Crippen LogP contribution in [0.2, 0.25) is 0 Å². The molecule has 0 unspecified atom stereocenters. The van der Waals surface area contributed by atoms with E-state index in [0.29, 0.717) is 30.1 Å². The fraction of sp³-hybridized carbons (Fsp3) is 0.783. The molecule has 0 bridgehead atoms. The zero-order valence-electron chi connectivity index (χ0n) is 18.8. The lowest BCUT2D eigenvalue weighted by Gasteiger charge is -2.39. The summed E-state index contributed by atoms with van der Waals surface area (Å²) in [6, 6.07) is 1.65. The minimum atomic E-state index is -1.55. The van der Waals surface area contributed by atoms with Crippen molar-refractivity contribution >= 4 is 0 Å². The van der Waals surface area contributed by atoms with E-state index in [4.69, 9.17) is 13.9 Å². The third-order valence-corrected chi connectivity index (χ3v) is 5.64. The first-order valence-corrected chi connectivity index (χ1v) is 11.4. The summed E-state index contributed by atoms with van der Waals surface area (Å²) >= 11 is 0. The Morgan fingerprint density at radius 3 is 2.42 bits per heavy atom. The lowest BCUT2D eigenvalue weighted by atomic mass is 9.99. The molecule has 1 fully saturated rings. The number of aryl methyl sites for hydroxylation is 1. The van der Waals surface area contributed by atoms with Crippen LogP contribution in [0.1, 0.15) is 70.6 Å². The highest BCUT2D eigenvalue weighted by Gasteiger charge is 2.45. The van der Waals surface area contributed by atoms with Gasteiger partial charge in [0.1, 0.15) is 35.9 Å². The van der Waals surface area contributed by atoms with Gasteiger partial charge in [0.25, 0.3) is 0 Å². The molecule has 2 heterocycles. The van der Waals surface area contributed by atoms with Crippen molar-refractivity contribution < 1.29 is 34.3 Å². The van der Waals surface area contributed by atoms with Crippen LogP contribution in [0.4, 0.5) is 0 Å². The minimum Gasteiger partial charge on any atom is -0.461 e. The summed E-state index contributed by atoms with van der Waals surface area (Å²) in [6.07, 6.45) is -0.215. The number of rotatable bonds is 12. The average molecular weight is 443 g/mol. The lowest BCUT2D eigenvalue weighted by Crippen LogP contribution is -2.60. The molecule has 8 nitrogen and oxygen atoms in total. The third kappa shape index (κ3) is 7.29. The molecule has 8 heteroatoms. The number of hydrogen-bond acceptors (Lipinski definition) is 8. The molecular weight excluding hydrogens is 404 g/mol. The number of aliphatic hydroxyl groups is 4. The van der Waals surface area contributed by atoms with Crippen LogP contribution in [-0.2, 0) is 17.6 Å². The molecule has 1 aliphatic rings. The second-order valence-corrected chi connectivity index (χ2v) is 8.75. The molecule has 0 amide bonds. The Labute approximate surface area is 183 Å². The molecule has 4 N–H and O–H groups in total. The molecular formula is C23H38O8. The topological polar surface area (TPSA) is 130 Å². The Bertz CT molecular complexity index is 714. The number of unbranched alkanes of at least 4 members (excludes halogenated alkanes) is 3. The van der Waals surface area contributed by atoms with Crippen LogP contribution in [-0.4, -0.2) is 57.7 Å². The van der Waals surface area contributed by atoms with Gasteiger partial charge in [-0.25, -0.2) is 4.79 Å². The molecule has 1 saturated heterocycles. The highest BCUT2D eigenvalue weighted by molar-refractivity contribution is 5.32. The summed E-state index contributed by atoms with van der Waals surface area (Å²) in [7, 11) is 0. The molecule has 0 spiro atoms. The van der Waals surface area contributed by atoms with Crippen molar-refractivity contribution in [3.8, 4) is 5.75 Å². The lowest BCUT2D eigenvalue weighted by molar-refractivity contribution is -0.277. The molecule has 0 radical (unpaired) electrons. The zero-order valence-corrected chi connectivity index (χ0v) is 18.8. The summed E-state index contributed by atoms with van der Waals surface area (Å²) in [5.74, 6) is 1.27. The maximum Gasteiger partial charge on any atom is 0.342 e. The Morgan fingerprint density at radius 1 is 1.03 bits per heavy atom. The van der Waals surface area contributed by atoms with E-state index in [0.717, 1.165) is 38.5 Å². The van der Waals surface area contributed by atoms with Gasteiger partial charge in [-0.2, -0.15) is 0 Å². The number of hydrogen-bond donors (Lipinski definition) is 4. The predicted octanol–water partition coefficient (Wildman–Crippen LogP) is 1.92. The highest BCUT2D eigenvalue weighted by Crippen LogP contribution is 2.27. The van der Waals surface area contributed by atoms with Crippen molar-refractivity contribution in [2.75, 3.05) is 6.61 Å². The van der Waals surface area contributed by atoms with Crippen molar-refractivity contribution in [3.63, 3.8) is 0 Å². The normalized spacial score (nSPS) is 26.4. The predicted molar refractivity (Wildman–Crippen MR) is 115 cm³/mol. The molecule has 5 atom stereocenters. The Kier molecular flexibility index (Phi) is 10.4. The number of ether oxygens (including phenoxy) is 2. The average Bonchev–Trinajstić information content (AvgIpc) is 2.72. The molecule has 0 aliphatic carbocycles. The molecule has 1 aromatic rings. The van der Waals surface area contributed by atoms with E-state index in [2.05, 4.69) is 20.8 Å². The summed E-state index contributed by atoms with van der Waals surface area (Å²) in [5.41, 5.74) is -0.112. The van der Waals surface area contributed by atoms with Crippen molar-refractivity contribution in [3.05, 3.63) is 27.8 Å². The fourth-order valence-corrected chi connectivity index (χ4v) is 3.70. The van der Waals surface area contributed by atoms with E-state index in [1.165, 1.54) is 0 Å². The van der Waals surface area contributed by atoms with Crippen LogP contribution >= 0.6 is 0 Å². The van der Waals surface area contributed by atoms with Gasteiger partial charge in [0.2, 0.25) is 6.29 Å². The van der Waals surface area contributed by atoms with E-state index in [9.17, 15) is 25.2 Å². The van der Waals surface area contributed by atoms with Crippen LogP contribution in [0.25, 0.3) is 0 Å². The van der Waals surface area contributed by atoms with Crippen LogP contribution in [0, 0.1) is 5.92 Å². The standard InChI is InChI=1S/C23H38O8/c1-4-5-6-7-11-16-17(12-15(29-22(16)28)10-8-9-14(2)3)30-23-21(27)20(26)19(25)18(13-24)31-23/h12,14,18-21,23-27H,4-11,13H2,1-3H3/t18-,19-,20+,21-,23-/m1/s1. The summed E-state index contributed by atoms with van der Waals surface area (Å²) in [6.45, 7) is 5.81. The van der Waals surface area contributed by atoms with Crippen molar-refractivity contribution in [2.45, 2.75) is 103 Å². The maximum absolute atomic E-state index is 12.7. The molecule has 178 valence electrons.